The highest BCUT2D eigenvalue weighted by molar-refractivity contribution is 5.84. The molecule has 0 aliphatic rings. The number of ether oxygens (including phenoxy) is 1. The lowest BCUT2D eigenvalue weighted by atomic mass is 9.92. The van der Waals surface area contributed by atoms with E-state index in [1.807, 2.05) is 63.9 Å². The predicted molar refractivity (Wildman–Crippen MR) is 103 cm³/mol. The van der Waals surface area contributed by atoms with Crippen molar-refractivity contribution in [2.75, 3.05) is 40.3 Å². The van der Waals surface area contributed by atoms with E-state index < -0.39 is 5.41 Å². The van der Waals surface area contributed by atoms with Crippen LogP contribution < -0.4 is 15.4 Å². The van der Waals surface area contributed by atoms with Crippen molar-refractivity contribution in [3.05, 3.63) is 29.8 Å². The molecule has 2 N–H and O–H groups in total. The molecule has 0 spiro atoms. The molecule has 0 bridgehead atoms. The molecule has 0 aliphatic carbocycles. The Bertz CT molecular complexity index is 585. The summed E-state index contributed by atoms with van der Waals surface area (Å²) in [5.41, 5.74) is 0.612. The SMILES string of the molecule is CCNC(=O)C(C)(C)CNC(=NC)N(C)CCOc1ccccc1C. The average Bonchev–Trinajstić information content (AvgIpc) is 2.57. The molecule has 6 nitrogen and oxygen atoms in total. The second kappa shape index (κ2) is 9.91. The molecule has 0 heterocycles. The molecule has 0 saturated carbocycles. The number of aliphatic imine (C=N–C) groups is 1. The zero-order valence-corrected chi connectivity index (χ0v) is 16.3. The fraction of sp³-hybridized carbons (Fsp3) is 0.579. The van der Waals surface area contributed by atoms with E-state index in [-0.39, 0.29) is 5.91 Å². The largest absolute Gasteiger partial charge is 0.491 e. The van der Waals surface area contributed by atoms with Gasteiger partial charge in [0.05, 0.1) is 12.0 Å². The van der Waals surface area contributed by atoms with Gasteiger partial charge in [0, 0.05) is 27.2 Å². The van der Waals surface area contributed by atoms with Crippen LogP contribution >= 0.6 is 0 Å². The van der Waals surface area contributed by atoms with Crippen LogP contribution in [0.5, 0.6) is 5.75 Å². The average molecular weight is 348 g/mol. The third-order valence-electron chi connectivity index (χ3n) is 3.99. The first-order valence-corrected chi connectivity index (χ1v) is 8.70. The zero-order chi connectivity index (χ0) is 18.9. The second-order valence-electron chi connectivity index (χ2n) is 6.68. The summed E-state index contributed by atoms with van der Waals surface area (Å²) in [5.74, 6) is 1.67. The first-order chi connectivity index (χ1) is 11.8. The summed E-state index contributed by atoms with van der Waals surface area (Å²) in [6.07, 6.45) is 0. The lowest BCUT2D eigenvalue weighted by Crippen LogP contribution is -2.48. The molecule has 1 amide bonds. The van der Waals surface area contributed by atoms with Gasteiger partial charge in [-0.1, -0.05) is 18.2 Å². The van der Waals surface area contributed by atoms with Crippen molar-refractivity contribution < 1.29 is 9.53 Å². The van der Waals surface area contributed by atoms with E-state index in [0.717, 1.165) is 17.3 Å². The standard InChI is InChI=1S/C19H32N4O2/c1-7-21-17(24)19(3,4)14-22-18(20-5)23(6)12-13-25-16-11-9-8-10-15(16)2/h8-11H,7,12-14H2,1-6H3,(H,20,22)(H,21,24). The normalized spacial score (nSPS) is 11.8. The van der Waals surface area contributed by atoms with Crippen molar-refractivity contribution in [2.45, 2.75) is 27.7 Å². The second-order valence-corrected chi connectivity index (χ2v) is 6.68. The van der Waals surface area contributed by atoms with E-state index in [0.29, 0.717) is 26.2 Å². The van der Waals surface area contributed by atoms with Crippen molar-refractivity contribution in [1.82, 2.24) is 15.5 Å². The van der Waals surface area contributed by atoms with Gasteiger partial charge in [-0.05, 0) is 39.3 Å². The third kappa shape index (κ3) is 6.64. The molecule has 1 aromatic rings. The fourth-order valence-electron chi connectivity index (χ4n) is 2.28. The molecule has 0 aromatic heterocycles. The highest BCUT2D eigenvalue weighted by atomic mass is 16.5. The van der Waals surface area contributed by atoms with E-state index in [1.54, 1.807) is 7.05 Å². The fourth-order valence-corrected chi connectivity index (χ4v) is 2.28. The number of hydrogen-bond donors (Lipinski definition) is 2. The monoisotopic (exact) mass is 348 g/mol. The van der Waals surface area contributed by atoms with Crippen molar-refractivity contribution in [2.24, 2.45) is 10.4 Å². The van der Waals surface area contributed by atoms with Gasteiger partial charge >= 0.3 is 0 Å². The van der Waals surface area contributed by atoms with Crippen molar-refractivity contribution in [3.63, 3.8) is 0 Å². The van der Waals surface area contributed by atoms with Gasteiger partial charge < -0.3 is 20.3 Å². The Morgan fingerprint density at radius 2 is 1.96 bits per heavy atom. The molecule has 0 radical (unpaired) electrons. The van der Waals surface area contributed by atoms with Crippen molar-refractivity contribution in [3.8, 4) is 5.75 Å². The van der Waals surface area contributed by atoms with Crippen LogP contribution in [0.25, 0.3) is 0 Å². The van der Waals surface area contributed by atoms with Crippen LogP contribution in [0.2, 0.25) is 0 Å². The number of hydrogen-bond acceptors (Lipinski definition) is 3. The van der Waals surface area contributed by atoms with Gasteiger partial charge in [0.15, 0.2) is 5.96 Å². The first-order valence-electron chi connectivity index (χ1n) is 8.70. The minimum Gasteiger partial charge on any atom is -0.491 e. The molecule has 1 rings (SSSR count). The Morgan fingerprint density at radius 3 is 2.56 bits per heavy atom. The Hall–Kier alpha value is -2.24. The molecular weight excluding hydrogens is 316 g/mol. The maximum absolute atomic E-state index is 12.1. The lowest BCUT2D eigenvalue weighted by Gasteiger charge is -2.28. The summed E-state index contributed by atoms with van der Waals surface area (Å²) in [4.78, 5) is 18.3. The van der Waals surface area contributed by atoms with Crippen molar-refractivity contribution in [1.29, 1.82) is 0 Å². The number of aryl methyl sites for hydroxylation is 1. The molecule has 25 heavy (non-hydrogen) atoms. The number of likely N-dealkylation sites (N-methyl/N-ethyl adjacent to an activating group) is 1. The quantitative estimate of drug-likeness (QED) is 0.557. The highest BCUT2D eigenvalue weighted by Gasteiger charge is 2.27. The van der Waals surface area contributed by atoms with Gasteiger partial charge in [-0.3, -0.25) is 9.79 Å². The van der Waals surface area contributed by atoms with E-state index >= 15 is 0 Å². The molecule has 140 valence electrons. The van der Waals surface area contributed by atoms with Gasteiger partial charge in [-0.25, -0.2) is 0 Å². The van der Waals surface area contributed by atoms with Gasteiger partial charge in [-0.15, -0.1) is 0 Å². The van der Waals surface area contributed by atoms with Crippen LogP contribution in [-0.2, 0) is 4.79 Å². The number of amides is 1. The van der Waals surface area contributed by atoms with E-state index in [4.69, 9.17) is 4.74 Å². The summed E-state index contributed by atoms with van der Waals surface area (Å²) in [6, 6.07) is 7.97. The number of rotatable bonds is 8. The molecule has 0 atom stereocenters. The van der Waals surface area contributed by atoms with Gasteiger partial charge in [0.25, 0.3) is 0 Å². The first kappa shape index (κ1) is 20.8. The number of guanidine groups is 1. The zero-order valence-electron chi connectivity index (χ0n) is 16.3. The number of benzene rings is 1. The molecular formula is C19H32N4O2. The van der Waals surface area contributed by atoms with E-state index in [9.17, 15) is 4.79 Å². The van der Waals surface area contributed by atoms with Gasteiger partial charge in [0.1, 0.15) is 12.4 Å². The Labute approximate surface area is 151 Å². The summed E-state index contributed by atoms with van der Waals surface area (Å²) in [5, 5.41) is 6.13. The molecule has 0 fully saturated rings. The maximum atomic E-state index is 12.1. The summed E-state index contributed by atoms with van der Waals surface area (Å²) >= 11 is 0. The molecule has 6 heteroatoms. The van der Waals surface area contributed by atoms with Gasteiger partial charge in [-0.2, -0.15) is 0 Å². The van der Waals surface area contributed by atoms with Crippen LogP contribution in [-0.4, -0.2) is 57.1 Å². The minimum absolute atomic E-state index is 0.0310. The molecule has 0 saturated heterocycles. The van der Waals surface area contributed by atoms with E-state index in [2.05, 4.69) is 15.6 Å². The molecule has 0 unspecified atom stereocenters. The van der Waals surface area contributed by atoms with Crippen LogP contribution in [0, 0.1) is 12.3 Å². The number of para-hydroxylation sites is 1. The third-order valence-corrected chi connectivity index (χ3v) is 3.99. The molecule has 1 aromatic carbocycles. The predicted octanol–water partition coefficient (Wildman–Crippen LogP) is 2.04. The number of carbonyl (C=O) groups excluding carboxylic acids is 1. The Morgan fingerprint density at radius 1 is 1.28 bits per heavy atom. The molecule has 0 aliphatic heterocycles. The number of carbonyl (C=O) groups is 1. The lowest BCUT2D eigenvalue weighted by molar-refractivity contribution is -0.128. The Kier molecular flexibility index (Phi) is 8.25. The van der Waals surface area contributed by atoms with Crippen molar-refractivity contribution >= 4 is 11.9 Å². The van der Waals surface area contributed by atoms with Crippen LogP contribution in [0.1, 0.15) is 26.3 Å². The summed E-state index contributed by atoms with van der Waals surface area (Å²) < 4.78 is 5.83. The smallest absolute Gasteiger partial charge is 0.227 e. The number of nitrogens with one attached hydrogen (secondary N) is 2. The van der Waals surface area contributed by atoms with Crippen LogP contribution in [0.3, 0.4) is 0 Å². The topological polar surface area (TPSA) is 66.0 Å². The summed E-state index contributed by atoms with van der Waals surface area (Å²) in [6.45, 7) is 10.2. The number of nitrogens with zero attached hydrogens (tertiary/aromatic N) is 2. The minimum atomic E-state index is -0.509. The maximum Gasteiger partial charge on any atom is 0.227 e. The van der Waals surface area contributed by atoms with Crippen LogP contribution in [0.4, 0.5) is 0 Å². The van der Waals surface area contributed by atoms with E-state index in [1.165, 1.54) is 0 Å². The summed E-state index contributed by atoms with van der Waals surface area (Å²) in [7, 11) is 3.69. The van der Waals surface area contributed by atoms with Gasteiger partial charge in [0.2, 0.25) is 5.91 Å². The van der Waals surface area contributed by atoms with Crippen LogP contribution in [0.15, 0.2) is 29.3 Å². The Balaban J connectivity index is 2.48. The highest BCUT2D eigenvalue weighted by Crippen LogP contribution is 2.16.